The Balaban J connectivity index is 2.07. The third-order valence-electron chi connectivity index (χ3n) is 7.10. The number of hydrogen-bond donors (Lipinski definition) is 0. The summed E-state index contributed by atoms with van der Waals surface area (Å²) in [6.45, 7) is 6.88. The lowest BCUT2D eigenvalue weighted by Crippen LogP contribution is -2.31. The molecule has 0 aliphatic heterocycles. The van der Waals surface area contributed by atoms with E-state index in [1.54, 1.807) is 0 Å². The van der Waals surface area contributed by atoms with E-state index in [4.69, 9.17) is 0 Å². The van der Waals surface area contributed by atoms with Crippen LogP contribution >= 0.6 is 0 Å². The van der Waals surface area contributed by atoms with Crippen molar-refractivity contribution in [3.05, 3.63) is 130 Å². The van der Waals surface area contributed by atoms with Crippen molar-refractivity contribution >= 4 is 0 Å². The van der Waals surface area contributed by atoms with Crippen LogP contribution in [0.25, 0.3) is 11.1 Å². The first kappa shape index (κ1) is 19.8. The molecule has 0 saturated heterocycles. The van der Waals surface area contributed by atoms with E-state index in [9.17, 15) is 0 Å². The highest BCUT2D eigenvalue weighted by atomic mass is 14.5. The molecule has 4 aromatic carbocycles. The lowest BCUT2D eigenvalue weighted by molar-refractivity contribution is 0.743. The minimum absolute atomic E-state index is 0.281. The van der Waals surface area contributed by atoms with Gasteiger partial charge in [0.25, 0.3) is 0 Å². The molecule has 0 nitrogen and oxygen atoms in total. The number of aryl methyl sites for hydroxylation is 3. The third kappa shape index (κ3) is 2.74. The zero-order valence-corrected chi connectivity index (χ0v) is 18.8. The summed E-state index contributed by atoms with van der Waals surface area (Å²) in [7, 11) is 0. The first-order valence-corrected chi connectivity index (χ1v) is 11.7. The van der Waals surface area contributed by atoms with Crippen LogP contribution in [-0.4, -0.2) is 0 Å². The van der Waals surface area contributed by atoms with Gasteiger partial charge in [-0.15, -0.1) is 0 Å². The summed E-state index contributed by atoms with van der Waals surface area (Å²) >= 11 is 0. The number of hydrogen-bond acceptors (Lipinski definition) is 0. The average Bonchev–Trinajstić information content (AvgIpc) is 3.17. The Kier molecular flexibility index (Phi) is 5.02. The minimum Gasteiger partial charge on any atom is -0.0622 e. The Labute approximate surface area is 186 Å². The highest BCUT2D eigenvalue weighted by Crippen LogP contribution is 2.59. The van der Waals surface area contributed by atoms with Crippen molar-refractivity contribution in [2.24, 2.45) is 0 Å². The van der Waals surface area contributed by atoms with Crippen molar-refractivity contribution in [2.45, 2.75) is 45.4 Å². The summed E-state index contributed by atoms with van der Waals surface area (Å²) in [5.74, 6) is 0. The lowest BCUT2D eigenvalue weighted by Gasteiger charge is -2.36. The van der Waals surface area contributed by atoms with Crippen LogP contribution in [0.15, 0.2) is 91.0 Å². The average molecular weight is 403 g/mol. The predicted molar refractivity (Wildman–Crippen MR) is 132 cm³/mol. The molecule has 0 heterocycles. The van der Waals surface area contributed by atoms with Gasteiger partial charge in [0.1, 0.15) is 0 Å². The Morgan fingerprint density at radius 3 is 1.55 bits per heavy atom. The van der Waals surface area contributed by atoms with Gasteiger partial charge in [-0.3, -0.25) is 0 Å². The largest absolute Gasteiger partial charge is 0.0718 e. The van der Waals surface area contributed by atoms with Gasteiger partial charge in [-0.05, 0) is 69.3 Å². The van der Waals surface area contributed by atoms with Gasteiger partial charge in [0.05, 0.1) is 5.41 Å². The van der Waals surface area contributed by atoms with Crippen molar-refractivity contribution in [3.63, 3.8) is 0 Å². The maximum Gasteiger partial charge on any atom is 0.0718 e. The van der Waals surface area contributed by atoms with Crippen LogP contribution in [-0.2, 0) is 24.7 Å². The second-order valence-electron chi connectivity index (χ2n) is 8.52. The van der Waals surface area contributed by atoms with Gasteiger partial charge in [0.15, 0.2) is 0 Å². The molecule has 4 aromatic rings. The maximum atomic E-state index is 2.38. The predicted octanol–water partition coefficient (Wildman–Crippen LogP) is 7.74. The van der Waals surface area contributed by atoms with Gasteiger partial charge in [-0.1, -0.05) is 112 Å². The minimum atomic E-state index is -0.281. The topological polar surface area (TPSA) is 0 Å². The molecule has 0 amide bonds. The van der Waals surface area contributed by atoms with Crippen LogP contribution in [0.1, 0.15) is 59.7 Å². The molecule has 0 heteroatoms. The molecule has 0 N–H and O–H groups in total. The van der Waals surface area contributed by atoms with Gasteiger partial charge in [0.2, 0.25) is 0 Å². The van der Waals surface area contributed by atoms with Crippen LogP contribution in [0.3, 0.4) is 0 Å². The summed E-state index contributed by atoms with van der Waals surface area (Å²) in [5, 5.41) is 0. The first-order valence-electron chi connectivity index (χ1n) is 11.7. The van der Waals surface area contributed by atoms with Crippen molar-refractivity contribution in [2.75, 3.05) is 0 Å². The summed E-state index contributed by atoms with van der Waals surface area (Å²) < 4.78 is 0. The smallest absolute Gasteiger partial charge is 0.0622 e. The molecule has 0 radical (unpaired) electrons. The summed E-state index contributed by atoms with van der Waals surface area (Å²) in [6.07, 6.45) is 3.10. The van der Waals surface area contributed by atoms with Crippen molar-refractivity contribution in [1.82, 2.24) is 0 Å². The maximum absolute atomic E-state index is 2.38. The van der Waals surface area contributed by atoms with E-state index in [1.165, 1.54) is 50.1 Å². The lowest BCUT2D eigenvalue weighted by atomic mass is 9.65. The second kappa shape index (κ2) is 7.85. The molecule has 0 atom stereocenters. The van der Waals surface area contributed by atoms with Crippen LogP contribution in [0.5, 0.6) is 0 Å². The van der Waals surface area contributed by atoms with E-state index in [0.29, 0.717) is 0 Å². The highest BCUT2D eigenvalue weighted by Gasteiger charge is 2.48. The zero-order chi connectivity index (χ0) is 21.4. The molecular formula is C31H30. The summed E-state index contributed by atoms with van der Waals surface area (Å²) in [5.41, 5.74) is 12.7. The molecule has 0 saturated carbocycles. The molecular weight excluding hydrogens is 372 g/mol. The fourth-order valence-electron chi connectivity index (χ4n) is 5.81. The SMILES string of the molecule is CCc1ccc(CC)c2c1-c1cccc(CC)c1C2(c1ccccc1)c1ccccc1. The van der Waals surface area contributed by atoms with Crippen LogP contribution < -0.4 is 0 Å². The zero-order valence-electron chi connectivity index (χ0n) is 18.8. The molecule has 154 valence electrons. The van der Waals surface area contributed by atoms with E-state index >= 15 is 0 Å². The van der Waals surface area contributed by atoms with E-state index in [2.05, 4.69) is 112 Å². The molecule has 0 spiro atoms. The van der Waals surface area contributed by atoms with Crippen LogP contribution in [0, 0.1) is 0 Å². The molecule has 0 aromatic heterocycles. The van der Waals surface area contributed by atoms with E-state index in [0.717, 1.165) is 19.3 Å². The van der Waals surface area contributed by atoms with E-state index in [-0.39, 0.29) is 5.41 Å². The monoisotopic (exact) mass is 402 g/mol. The molecule has 1 aliphatic rings. The summed E-state index contributed by atoms with van der Waals surface area (Å²) in [6, 6.07) is 34.1. The normalized spacial score (nSPS) is 13.6. The van der Waals surface area contributed by atoms with Gasteiger partial charge < -0.3 is 0 Å². The molecule has 31 heavy (non-hydrogen) atoms. The number of fused-ring (bicyclic) bond motifs is 3. The number of rotatable bonds is 5. The van der Waals surface area contributed by atoms with Gasteiger partial charge >= 0.3 is 0 Å². The Morgan fingerprint density at radius 2 is 1.00 bits per heavy atom. The van der Waals surface area contributed by atoms with Crippen molar-refractivity contribution < 1.29 is 0 Å². The Hall–Kier alpha value is -3.12. The third-order valence-corrected chi connectivity index (χ3v) is 7.10. The van der Waals surface area contributed by atoms with Gasteiger partial charge in [0, 0.05) is 0 Å². The van der Waals surface area contributed by atoms with Crippen LogP contribution in [0.2, 0.25) is 0 Å². The van der Waals surface area contributed by atoms with Crippen molar-refractivity contribution in [1.29, 1.82) is 0 Å². The molecule has 5 rings (SSSR count). The fourth-order valence-corrected chi connectivity index (χ4v) is 5.81. The Bertz CT molecular complexity index is 1180. The quantitative estimate of drug-likeness (QED) is 0.282. The molecule has 1 aliphatic carbocycles. The second-order valence-corrected chi connectivity index (χ2v) is 8.52. The standard InChI is InChI=1S/C31H30/c1-4-22-20-21-24(6-3)30-28(22)27-19-13-14-23(5-2)29(27)31(30,25-15-9-7-10-16-25)26-17-11-8-12-18-26/h7-21H,4-6H2,1-3H3. The first-order chi connectivity index (χ1) is 15.3. The molecule has 0 unspecified atom stereocenters. The summed E-state index contributed by atoms with van der Waals surface area (Å²) in [4.78, 5) is 0. The number of benzene rings is 4. The fraction of sp³-hybridized carbons (Fsp3) is 0.226. The Morgan fingerprint density at radius 1 is 0.484 bits per heavy atom. The van der Waals surface area contributed by atoms with Crippen molar-refractivity contribution in [3.8, 4) is 11.1 Å². The highest BCUT2D eigenvalue weighted by molar-refractivity contribution is 5.90. The molecule has 0 fully saturated rings. The molecule has 0 bridgehead atoms. The van der Waals surface area contributed by atoms with Crippen LogP contribution in [0.4, 0.5) is 0 Å². The van der Waals surface area contributed by atoms with E-state index < -0.39 is 0 Å². The van der Waals surface area contributed by atoms with E-state index in [1.807, 2.05) is 0 Å². The van der Waals surface area contributed by atoms with Gasteiger partial charge in [-0.2, -0.15) is 0 Å². The van der Waals surface area contributed by atoms with Gasteiger partial charge in [-0.25, -0.2) is 0 Å².